The molecule has 0 amide bonds. The predicted molar refractivity (Wildman–Crippen MR) is 50.7 cm³/mol. The number of aromatic nitrogens is 3. The molecule has 0 spiro atoms. The molecule has 2 heterocycles. The van der Waals surface area contributed by atoms with Crippen LogP contribution < -0.4 is 11.1 Å². The van der Waals surface area contributed by atoms with Crippen molar-refractivity contribution in [2.24, 2.45) is 0 Å². The third kappa shape index (κ3) is 1.18. The van der Waals surface area contributed by atoms with Crippen molar-refractivity contribution < 1.29 is 0 Å². The lowest BCUT2D eigenvalue weighted by Crippen LogP contribution is -1.99. The van der Waals surface area contributed by atoms with E-state index in [1.54, 1.807) is 29.5 Å². The van der Waals surface area contributed by atoms with E-state index in [4.69, 9.17) is 5.73 Å². The number of hydrogen-bond acceptors (Lipinski definition) is 4. The molecule has 3 N–H and O–H groups in total. The Labute approximate surface area is 75.6 Å². The van der Waals surface area contributed by atoms with E-state index < -0.39 is 0 Å². The Balaban J connectivity index is 2.61. The fourth-order valence-corrected chi connectivity index (χ4v) is 1.12. The van der Waals surface area contributed by atoms with Gasteiger partial charge in [0.2, 0.25) is 0 Å². The summed E-state index contributed by atoms with van der Waals surface area (Å²) in [5.74, 6) is 0.558. The molecular weight excluding hydrogens is 166 g/mol. The van der Waals surface area contributed by atoms with E-state index in [2.05, 4.69) is 22.3 Å². The van der Waals surface area contributed by atoms with Gasteiger partial charge in [-0.2, -0.15) is 9.61 Å². The maximum Gasteiger partial charge on any atom is 0.180 e. The van der Waals surface area contributed by atoms with Crippen LogP contribution in [0, 0.1) is 13.5 Å². The lowest BCUT2D eigenvalue weighted by molar-refractivity contribution is 0.952. The molecule has 5 heteroatoms. The fourth-order valence-electron chi connectivity index (χ4n) is 1.12. The zero-order chi connectivity index (χ0) is 9.26. The highest BCUT2D eigenvalue weighted by atomic mass is 15.3. The number of anilines is 2. The highest BCUT2D eigenvalue weighted by molar-refractivity contribution is 5.68. The summed E-state index contributed by atoms with van der Waals surface area (Å²) in [6, 6.07) is 1.69. The fraction of sp³-hybridized carbons (Fsp3) is 0. The SMILES string of the molecule is [CH2][CH]Nc1cnn2c(N)ccnc12. The molecule has 0 aliphatic carbocycles. The first-order chi connectivity index (χ1) is 6.33. The summed E-state index contributed by atoms with van der Waals surface area (Å²) < 4.78 is 1.56. The molecule has 2 aromatic rings. The zero-order valence-electron chi connectivity index (χ0n) is 6.94. The van der Waals surface area contributed by atoms with Gasteiger partial charge in [0, 0.05) is 12.7 Å². The van der Waals surface area contributed by atoms with Crippen LogP contribution in [0.3, 0.4) is 0 Å². The van der Waals surface area contributed by atoms with Crippen LogP contribution in [0.25, 0.3) is 5.65 Å². The number of fused-ring (bicyclic) bond motifs is 1. The van der Waals surface area contributed by atoms with Gasteiger partial charge >= 0.3 is 0 Å². The monoisotopic (exact) mass is 175 g/mol. The molecule has 0 bridgehead atoms. The van der Waals surface area contributed by atoms with E-state index in [-0.39, 0.29) is 0 Å². The van der Waals surface area contributed by atoms with Gasteiger partial charge in [-0.1, -0.05) is 0 Å². The maximum atomic E-state index is 5.67. The number of hydrogen-bond donors (Lipinski definition) is 2. The van der Waals surface area contributed by atoms with E-state index in [1.165, 1.54) is 0 Å². The van der Waals surface area contributed by atoms with Crippen LogP contribution in [0.5, 0.6) is 0 Å². The van der Waals surface area contributed by atoms with E-state index in [1.807, 2.05) is 0 Å². The van der Waals surface area contributed by atoms with Crippen LogP contribution >= 0.6 is 0 Å². The summed E-state index contributed by atoms with van der Waals surface area (Å²) in [6.45, 7) is 5.13. The van der Waals surface area contributed by atoms with Crippen LogP contribution in [-0.2, 0) is 0 Å². The average Bonchev–Trinajstić information content (AvgIpc) is 2.51. The van der Waals surface area contributed by atoms with Gasteiger partial charge in [0.05, 0.1) is 6.20 Å². The summed E-state index contributed by atoms with van der Waals surface area (Å²) >= 11 is 0. The van der Waals surface area contributed by atoms with Crippen molar-refractivity contribution >= 4 is 17.2 Å². The average molecular weight is 175 g/mol. The third-order valence-electron chi connectivity index (χ3n) is 1.69. The van der Waals surface area contributed by atoms with E-state index in [9.17, 15) is 0 Å². The van der Waals surface area contributed by atoms with Gasteiger partial charge < -0.3 is 11.1 Å². The smallest absolute Gasteiger partial charge is 0.180 e. The highest BCUT2D eigenvalue weighted by Gasteiger charge is 2.04. The molecule has 0 fully saturated rings. The minimum absolute atomic E-state index is 0.558. The Hall–Kier alpha value is -1.78. The molecule has 0 saturated carbocycles. The Morgan fingerprint density at radius 2 is 2.46 bits per heavy atom. The quantitative estimate of drug-likeness (QED) is 0.705. The van der Waals surface area contributed by atoms with Crippen molar-refractivity contribution in [1.29, 1.82) is 0 Å². The van der Waals surface area contributed by atoms with Crippen molar-refractivity contribution in [2.45, 2.75) is 0 Å². The topological polar surface area (TPSA) is 68.2 Å². The molecule has 0 aliphatic heterocycles. The number of nitrogens with two attached hydrogens (primary N) is 1. The number of nitrogens with zero attached hydrogens (tertiary/aromatic N) is 3. The molecule has 66 valence electrons. The van der Waals surface area contributed by atoms with Crippen molar-refractivity contribution in [1.82, 2.24) is 14.6 Å². The van der Waals surface area contributed by atoms with Crippen molar-refractivity contribution in [3.63, 3.8) is 0 Å². The molecular formula is C8H9N5. The Morgan fingerprint density at radius 1 is 1.62 bits per heavy atom. The lowest BCUT2D eigenvalue weighted by Gasteiger charge is -1.99. The van der Waals surface area contributed by atoms with Gasteiger partial charge in [0.25, 0.3) is 0 Å². The molecule has 2 radical (unpaired) electrons. The second-order valence-corrected chi connectivity index (χ2v) is 2.51. The minimum atomic E-state index is 0.558. The number of nitrogens with one attached hydrogen (secondary N) is 1. The molecule has 2 rings (SSSR count). The van der Waals surface area contributed by atoms with Crippen molar-refractivity contribution in [3.05, 3.63) is 31.9 Å². The van der Waals surface area contributed by atoms with Crippen LogP contribution in [0.4, 0.5) is 11.5 Å². The first-order valence-electron chi connectivity index (χ1n) is 3.78. The molecule has 0 aliphatic rings. The van der Waals surface area contributed by atoms with Crippen molar-refractivity contribution in [2.75, 3.05) is 11.1 Å². The van der Waals surface area contributed by atoms with Gasteiger partial charge in [-0.25, -0.2) is 4.98 Å². The summed E-state index contributed by atoms with van der Waals surface area (Å²) in [6.07, 6.45) is 3.29. The Kier molecular flexibility index (Phi) is 1.77. The van der Waals surface area contributed by atoms with Gasteiger partial charge in [-0.15, -0.1) is 0 Å². The Bertz CT molecular complexity index is 419. The van der Waals surface area contributed by atoms with Crippen LogP contribution in [-0.4, -0.2) is 14.6 Å². The molecule has 2 aromatic heterocycles. The second-order valence-electron chi connectivity index (χ2n) is 2.51. The molecule has 0 aromatic carbocycles. The normalized spacial score (nSPS) is 10.5. The largest absolute Gasteiger partial charge is 0.384 e. The first kappa shape index (κ1) is 7.85. The first-order valence-corrected chi connectivity index (χ1v) is 3.78. The van der Waals surface area contributed by atoms with Gasteiger partial charge in [0.1, 0.15) is 11.5 Å². The van der Waals surface area contributed by atoms with Crippen molar-refractivity contribution in [3.8, 4) is 0 Å². The van der Waals surface area contributed by atoms with E-state index >= 15 is 0 Å². The second kappa shape index (κ2) is 2.93. The standard InChI is InChI=1S/C8H9N5/c1-2-10-6-5-12-13-7(9)3-4-11-8(6)13/h2-5,10H,1,9H2. The highest BCUT2D eigenvalue weighted by Crippen LogP contribution is 2.15. The van der Waals surface area contributed by atoms with Gasteiger partial charge in [0.15, 0.2) is 5.65 Å². The van der Waals surface area contributed by atoms with Gasteiger partial charge in [-0.3, -0.25) is 0 Å². The van der Waals surface area contributed by atoms with E-state index in [0.29, 0.717) is 11.5 Å². The third-order valence-corrected chi connectivity index (χ3v) is 1.69. The molecule has 0 unspecified atom stereocenters. The molecule has 0 saturated heterocycles. The zero-order valence-corrected chi connectivity index (χ0v) is 6.94. The van der Waals surface area contributed by atoms with Crippen LogP contribution in [0.15, 0.2) is 18.5 Å². The lowest BCUT2D eigenvalue weighted by atomic mass is 10.5. The van der Waals surface area contributed by atoms with Crippen LogP contribution in [0.1, 0.15) is 0 Å². The number of nitrogen functional groups attached to an aromatic ring is 1. The van der Waals surface area contributed by atoms with Crippen LogP contribution in [0.2, 0.25) is 0 Å². The maximum absolute atomic E-state index is 5.67. The Morgan fingerprint density at radius 3 is 3.23 bits per heavy atom. The summed E-state index contributed by atoms with van der Waals surface area (Å²) in [5, 5.41) is 6.98. The summed E-state index contributed by atoms with van der Waals surface area (Å²) in [5.41, 5.74) is 7.16. The minimum Gasteiger partial charge on any atom is -0.384 e. The van der Waals surface area contributed by atoms with Gasteiger partial charge in [-0.05, 0) is 13.0 Å². The number of rotatable bonds is 2. The summed E-state index contributed by atoms with van der Waals surface area (Å²) in [4.78, 5) is 4.13. The summed E-state index contributed by atoms with van der Waals surface area (Å²) in [7, 11) is 0. The molecule has 5 nitrogen and oxygen atoms in total. The molecule has 0 atom stereocenters. The molecule has 13 heavy (non-hydrogen) atoms. The predicted octanol–water partition coefficient (Wildman–Crippen LogP) is 0.719. The van der Waals surface area contributed by atoms with E-state index in [0.717, 1.165) is 5.69 Å².